The minimum atomic E-state index is -2.82. The Morgan fingerprint density at radius 2 is 1.11 bits per heavy atom. The number of esters is 1. The van der Waals surface area contributed by atoms with Crippen LogP contribution in [0.1, 0.15) is 125 Å². The number of nitrogens with zero attached hydrogens (tertiary/aromatic N) is 6. The molecule has 0 aliphatic rings. The molecule has 20 heteroatoms. The van der Waals surface area contributed by atoms with Crippen molar-refractivity contribution in [1.29, 1.82) is 0 Å². The summed E-state index contributed by atoms with van der Waals surface area (Å²) in [6, 6.07) is 14.2. The van der Waals surface area contributed by atoms with E-state index in [1.165, 1.54) is 52.7 Å². The van der Waals surface area contributed by atoms with Gasteiger partial charge in [-0.2, -0.15) is 10.2 Å². The largest absolute Gasteiger partial charge is 0.462 e. The topological polar surface area (TPSA) is 214 Å². The van der Waals surface area contributed by atoms with Crippen LogP contribution in [0.25, 0.3) is 11.0 Å². The molecule has 0 bridgehead atoms. The third-order valence-electron chi connectivity index (χ3n) is 9.20. The van der Waals surface area contributed by atoms with Crippen LogP contribution in [0.2, 0.25) is 0 Å². The molecule has 0 saturated heterocycles. The van der Waals surface area contributed by atoms with Crippen LogP contribution >= 0.6 is 0 Å². The fraction of sp³-hybridized carbons (Fsp3) is 0.349. The zero-order chi connectivity index (χ0) is 46.2. The van der Waals surface area contributed by atoms with E-state index >= 15 is 0 Å². The molecule has 334 valence electrons. The molecule has 6 aromatic heterocycles. The first-order valence-electron chi connectivity index (χ1n) is 19.7. The van der Waals surface area contributed by atoms with Crippen LogP contribution in [-0.2, 0) is 17.6 Å². The summed E-state index contributed by atoms with van der Waals surface area (Å²) in [5.74, 6) is -2.60. The second-order valence-corrected chi connectivity index (χ2v) is 15.5. The second kappa shape index (κ2) is 19.9. The van der Waals surface area contributed by atoms with Crippen LogP contribution in [-0.4, -0.2) is 88.0 Å². The van der Waals surface area contributed by atoms with E-state index in [0.29, 0.717) is 48.1 Å². The number of alkyl halides is 4. The van der Waals surface area contributed by atoms with Crippen molar-refractivity contribution in [3.8, 4) is 0 Å². The van der Waals surface area contributed by atoms with E-state index in [0.717, 1.165) is 12.1 Å². The predicted octanol–water partition coefficient (Wildman–Crippen LogP) is 6.78. The molecule has 0 saturated carbocycles. The number of aliphatic hydroxyl groups is 2. The second-order valence-electron chi connectivity index (χ2n) is 15.5. The average molecular weight is 878 g/mol. The van der Waals surface area contributed by atoms with E-state index < -0.39 is 59.1 Å². The summed E-state index contributed by atoms with van der Waals surface area (Å²) in [6.45, 7) is 8.59. The van der Waals surface area contributed by atoms with Gasteiger partial charge in [0.15, 0.2) is 0 Å². The van der Waals surface area contributed by atoms with Gasteiger partial charge in [-0.1, -0.05) is 12.1 Å². The molecule has 0 radical (unpaired) electrons. The molecule has 0 unspecified atom stereocenters. The van der Waals surface area contributed by atoms with Crippen molar-refractivity contribution in [2.24, 2.45) is 0 Å². The lowest BCUT2D eigenvalue weighted by molar-refractivity contribution is 0.0526. The minimum absolute atomic E-state index is 0.0508. The number of aromatic nitrogens is 6. The highest BCUT2D eigenvalue weighted by molar-refractivity contribution is 6.09. The third kappa shape index (κ3) is 12.9. The van der Waals surface area contributed by atoms with Crippen molar-refractivity contribution in [2.75, 3.05) is 24.3 Å². The first-order chi connectivity index (χ1) is 29.6. The normalized spacial score (nSPS) is 11.7. The average Bonchev–Trinajstić information content (AvgIpc) is 3.83. The molecule has 3 amide bonds. The van der Waals surface area contributed by atoms with Crippen molar-refractivity contribution in [3.63, 3.8) is 0 Å². The Kier molecular flexibility index (Phi) is 14.9. The Balaban J connectivity index is 0.000000238. The van der Waals surface area contributed by atoms with Gasteiger partial charge < -0.3 is 30.9 Å². The minimum Gasteiger partial charge on any atom is -0.462 e. The van der Waals surface area contributed by atoms with E-state index in [9.17, 15) is 47.0 Å². The summed E-state index contributed by atoms with van der Waals surface area (Å²) in [7, 11) is 1.45. The van der Waals surface area contributed by atoms with Crippen molar-refractivity contribution in [3.05, 3.63) is 118 Å². The molecule has 0 aliphatic carbocycles. The van der Waals surface area contributed by atoms with Gasteiger partial charge in [0.1, 0.15) is 28.3 Å². The third-order valence-corrected chi connectivity index (χ3v) is 9.20. The van der Waals surface area contributed by atoms with Gasteiger partial charge in [-0.25, -0.2) is 41.4 Å². The fourth-order valence-corrected chi connectivity index (χ4v) is 5.96. The molecule has 63 heavy (non-hydrogen) atoms. The molecule has 0 aromatic carbocycles. The number of carbonyl (C=O) groups excluding carboxylic acids is 4. The lowest BCUT2D eigenvalue weighted by Crippen LogP contribution is -2.22. The van der Waals surface area contributed by atoms with Gasteiger partial charge in [-0.05, 0) is 109 Å². The summed E-state index contributed by atoms with van der Waals surface area (Å²) in [4.78, 5) is 57.4. The highest BCUT2D eigenvalue weighted by Crippen LogP contribution is 2.25. The van der Waals surface area contributed by atoms with E-state index in [1.54, 1.807) is 58.9 Å². The van der Waals surface area contributed by atoms with Crippen molar-refractivity contribution < 1.29 is 51.7 Å². The SMILES string of the molecule is CCOC(=O)c1cn2nc(CCC(C)(C)O)cc2cc1NC(=O)c1cccc(C(F)F)n1.CNC(=O)c1cn2nc(CCC(C)(C)O)cc2cc1NC(=O)c1cccc(C(F)F)n1. The Hall–Kier alpha value is -6.80. The van der Waals surface area contributed by atoms with Gasteiger partial charge in [-0.3, -0.25) is 14.4 Å². The highest BCUT2D eigenvalue weighted by Gasteiger charge is 2.22. The van der Waals surface area contributed by atoms with Crippen molar-refractivity contribution in [1.82, 2.24) is 34.5 Å². The van der Waals surface area contributed by atoms with Crippen molar-refractivity contribution in [2.45, 2.75) is 84.4 Å². The number of halogens is 4. The number of rotatable bonds is 15. The number of amides is 3. The van der Waals surface area contributed by atoms with Crippen molar-refractivity contribution >= 4 is 46.1 Å². The van der Waals surface area contributed by atoms with Gasteiger partial charge in [-0.15, -0.1) is 0 Å². The number of nitrogens with one attached hydrogen (secondary N) is 3. The van der Waals surface area contributed by atoms with E-state index in [-0.39, 0.29) is 40.5 Å². The van der Waals surface area contributed by atoms with E-state index in [1.807, 2.05) is 0 Å². The van der Waals surface area contributed by atoms with Crippen LogP contribution < -0.4 is 16.0 Å². The van der Waals surface area contributed by atoms with Crippen LogP contribution in [0.15, 0.2) is 73.1 Å². The lowest BCUT2D eigenvalue weighted by Gasteiger charge is -2.15. The maximum atomic E-state index is 12.9. The predicted molar refractivity (Wildman–Crippen MR) is 223 cm³/mol. The molecular weight excluding hydrogens is 831 g/mol. The number of ether oxygens (including phenoxy) is 1. The monoisotopic (exact) mass is 877 g/mol. The maximum Gasteiger partial charge on any atom is 0.341 e. The summed E-state index contributed by atoms with van der Waals surface area (Å²) >= 11 is 0. The van der Waals surface area contributed by atoms with E-state index in [2.05, 4.69) is 36.1 Å². The molecule has 0 atom stereocenters. The van der Waals surface area contributed by atoms with Gasteiger partial charge in [0.25, 0.3) is 30.6 Å². The molecule has 6 aromatic rings. The summed E-state index contributed by atoms with van der Waals surface area (Å²) in [5, 5.41) is 36.3. The number of hydrogen-bond acceptors (Lipinski definition) is 11. The Morgan fingerprint density at radius 1 is 0.683 bits per heavy atom. The fourth-order valence-electron chi connectivity index (χ4n) is 5.96. The number of fused-ring (bicyclic) bond motifs is 2. The summed E-state index contributed by atoms with van der Waals surface area (Å²) < 4.78 is 59.7. The lowest BCUT2D eigenvalue weighted by atomic mass is 10.0. The number of aryl methyl sites for hydroxylation is 2. The summed E-state index contributed by atoms with van der Waals surface area (Å²) in [5.41, 5.74) is -0.0146. The number of carbonyl (C=O) groups is 4. The number of pyridine rings is 4. The molecule has 16 nitrogen and oxygen atoms in total. The van der Waals surface area contributed by atoms with Crippen LogP contribution in [0, 0.1) is 0 Å². The Morgan fingerprint density at radius 3 is 1.51 bits per heavy atom. The zero-order valence-corrected chi connectivity index (χ0v) is 35.2. The van der Waals surface area contributed by atoms with Gasteiger partial charge >= 0.3 is 5.97 Å². The molecule has 6 rings (SSSR count). The Labute approximate surface area is 358 Å². The van der Waals surface area contributed by atoms with E-state index in [4.69, 9.17) is 4.74 Å². The molecule has 0 spiro atoms. The van der Waals surface area contributed by atoms with Crippen LogP contribution in [0.4, 0.5) is 28.9 Å². The molecule has 5 N–H and O–H groups in total. The molecule has 0 aliphatic heterocycles. The van der Waals surface area contributed by atoms with Gasteiger partial charge in [0.05, 0.1) is 57.2 Å². The molecule has 6 heterocycles. The smallest absolute Gasteiger partial charge is 0.341 e. The Bertz CT molecular complexity index is 2620. The first kappa shape index (κ1) is 47.3. The van der Waals surface area contributed by atoms with Gasteiger partial charge in [0.2, 0.25) is 0 Å². The van der Waals surface area contributed by atoms with Crippen LogP contribution in [0.3, 0.4) is 0 Å². The standard InChI is InChI=1S/C22H24F2N4O4.C21H23F2N5O3/c1-4-32-21(30)15-12-28-14(10-13(27-28)8-9-22(2,3)31)11-18(15)26-20(29)17-7-5-6-16(25-17)19(23)24;1-21(2,31)8-7-12-9-13-10-17(14(19(29)24-3)11-28(13)27-12)26-20(30)16-6-4-5-15(25-16)18(22)23/h5-7,10-12,19,31H,4,8-9H2,1-3H3,(H,26,29);4-6,9-11,18,31H,7-8H2,1-3H3,(H,24,29)(H,26,30). The maximum absolute atomic E-state index is 12.9. The number of hydrogen-bond donors (Lipinski definition) is 5. The zero-order valence-electron chi connectivity index (χ0n) is 35.2. The first-order valence-corrected chi connectivity index (χ1v) is 19.7. The highest BCUT2D eigenvalue weighted by atomic mass is 19.3. The number of anilines is 2. The molecule has 0 fully saturated rings. The quantitative estimate of drug-likeness (QED) is 0.0536. The van der Waals surface area contributed by atoms with Gasteiger partial charge in [0, 0.05) is 19.4 Å². The summed E-state index contributed by atoms with van der Waals surface area (Å²) in [6.07, 6.45) is -0.715. The van der Waals surface area contributed by atoms with Crippen LogP contribution in [0.5, 0.6) is 0 Å². The molecular formula is C43H47F4N9O7.